The lowest BCUT2D eigenvalue weighted by molar-refractivity contribution is 0.689. The van der Waals surface area contributed by atoms with Crippen molar-refractivity contribution in [3.8, 4) is 0 Å². The molecule has 2 aromatic heterocycles. The number of nitrogens with zero attached hydrogens (tertiary/aromatic N) is 4. The van der Waals surface area contributed by atoms with E-state index < -0.39 is 0 Å². The van der Waals surface area contributed by atoms with Crippen LogP contribution in [0.25, 0.3) is 0 Å². The summed E-state index contributed by atoms with van der Waals surface area (Å²) in [6.07, 6.45) is 10.0. The number of likely N-dealkylation sites (N-methyl/N-ethyl adjacent to an activating group) is 1. The summed E-state index contributed by atoms with van der Waals surface area (Å²) >= 11 is 0. The van der Waals surface area contributed by atoms with Gasteiger partial charge >= 0.3 is 0 Å². The van der Waals surface area contributed by atoms with E-state index in [9.17, 15) is 0 Å². The topological polar surface area (TPSA) is 47.7 Å². The molecule has 0 unspecified atom stereocenters. The fourth-order valence-electron chi connectivity index (χ4n) is 1.91. The van der Waals surface area contributed by atoms with Crippen molar-refractivity contribution in [2.75, 3.05) is 13.1 Å². The van der Waals surface area contributed by atoms with Crippen LogP contribution in [-0.2, 0) is 26.4 Å². The number of aromatic nitrogens is 4. The second-order valence-corrected chi connectivity index (χ2v) is 4.48. The van der Waals surface area contributed by atoms with Gasteiger partial charge in [-0.15, -0.1) is 0 Å². The smallest absolute Gasteiger partial charge is 0.0949 e. The van der Waals surface area contributed by atoms with Crippen molar-refractivity contribution >= 4 is 0 Å². The van der Waals surface area contributed by atoms with Gasteiger partial charge in [-0.05, 0) is 18.5 Å². The van der Waals surface area contributed by atoms with Gasteiger partial charge in [0.2, 0.25) is 0 Å². The minimum absolute atomic E-state index is 0.958. The Bertz CT molecular complexity index is 471. The Balaban J connectivity index is 1.79. The molecular formula is C13H21N5. The first kappa shape index (κ1) is 12.8. The summed E-state index contributed by atoms with van der Waals surface area (Å²) in [6, 6.07) is 0. The molecule has 0 aromatic carbocycles. The fraction of sp³-hybridized carbons (Fsp3) is 0.538. The van der Waals surface area contributed by atoms with E-state index in [-0.39, 0.29) is 0 Å². The van der Waals surface area contributed by atoms with Gasteiger partial charge in [0.05, 0.1) is 18.2 Å². The third kappa shape index (κ3) is 3.70. The van der Waals surface area contributed by atoms with Crippen LogP contribution in [0.5, 0.6) is 0 Å². The summed E-state index contributed by atoms with van der Waals surface area (Å²) < 4.78 is 3.99. The first-order valence-electron chi connectivity index (χ1n) is 6.47. The van der Waals surface area contributed by atoms with Gasteiger partial charge in [-0.25, -0.2) is 4.98 Å². The molecule has 0 saturated carbocycles. The van der Waals surface area contributed by atoms with Crippen molar-refractivity contribution < 1.29 is 0 Å². The quantitative estimate of drug-likeness (QED) is 0.743. The van der Waals surface area contributed by atoms with Gasteiger partial charge in [-0.2, -0.15) is 5.10 Å². The van der Waals surface area contributed by atoms with E-state index in [1.54, 1.807) is 0 Å². The largest absolute Gasteiger partial charge is 0.337 e. The van der Waals surface area contributed by atoms with Crippen molar-refractivity contribution in [3.05, 3.63) is 36.2 Å². The van der Waals surface area contributed by atoms with Crippen LogP contribution in [0.3, 0.4) is 0 Å². The lowest BCUT2D eigenvalue weighted by Gasteiger charge is -2.00. The number of hydrogen-bond donors (Lipinski definition) is 1. The molecule has 2 heterocycles. The molecular weight excluding hydrogens is 226 g/mol. The molecule has 0 aliphatic rings. The molecule has 5 nitrogen and oxygen atoms in total. The first-order chi connectivity index (χ1) is 8.78. The van der Waals surface area contributed by atoms with Crippen LogP contribution in [0.4, 0.5) is 0 Å². The Morgan fingerprint density at radius 2 is 2.17 bits per heavy atom. The minimum Gasteiger partial charge on any atom is -0.337 e. The first-order valence-corrected chi connectivity index (χ1v) is 6.47. The van der Waals surface area contributed by atoms with E-state index in [0.717, 1.165) is 38.2 Å². The zero-order valence-electron chi connectivity index (χ0n) is 11.1. The highest BCUT2D eigenvalue weighted by molar-refractivity contribution is 5.04. The molecule has 0 aliphatic carbocycles. The Hall–Kier alpha value is -1.62. The molecule has 18 heavy (non-hydrogen) atoms. The van der Waals surface area contributed by atoms with Crippen molar-refractivity contribution in [1.29, 1.82) is 0 Å². The van der Waals surface area contributed by atoms with Crippen LogP contribution in [-0.4, -0.2) is 32.4 Å². The molecule has 0 amide bonds. The second kappa shape index (κ2) is 6.35. The molecule has 5 heteroatoms. The van der Waals surface area contributed by atoms with E-state index in [4.69, 9.17) is 0 Å². The molecule has 0 bridgehead atoms. The van der Waals surface area contributed by atoms with Gasteiger partial charge in [-0.1, -0.05) is 6.92 Å². The average molecular weight is 247 g/mol. The maximum atomic E-state index is 4.41. The Labute approximate surface area is 108 Å². The highest BCUT2D eigenvalue weighted by Gasteiger charge is 2.00. The van der Waals surface area contributed by atoms with Gasteiger partial charge in [0, 0.05) is 39.0 Å². The van der Waals surface area contributed by atoms with Crippen LogP contribution in [0.2, 0.25) is 0 Å². The van der Waals surface area contributed by atoms with Crippen LogP contribution in [0.1, 0.15) is 18.2 Å². The summed E-state index contributed by atoms with van der Waals surface area (Å²) in [6.45, 7) is 5.09. The SMILES string of the molecule is CCNCCc1cn(CCc2cnn(C)c2)cn1. The molecule has 0 fully saturated rings. The highest BCUT2D eigenvalue weighted by atomic mass is 15.2. The van der Waals surface area contributed by atoms with Crippen LogP contribution < -0.4 is 5.32 Å². The Morgan fingerprint density at radius 1 is 1.28 bits per heavy atom. The Kier molecular flexibility index (Phi) is 4.52. The second-order valence-electron chi connectivity index (χ2n) is 4.48. The zero-order valence-corrected chi connectivity index (χ0v) is 11.1. The molecule has 98 valence electrons. The average Bonchev–Trinajstić information content (AvgIpc) is 2.96. The van der Waals surface area contributed by atoms with Gasteiger partial charge in [0.15, 0.2) is 0 Å². The fourth-order valence-corrected chi connectivity index (χ4v) is 1.91. The third-order valence-corrected chi connectivity index (χ3v) is 2.91. The number of hydrogen-bond acceptors (Lipinski definition) is 3. The zero-order chi connectivity index (χ0) is 12.8. The Morgan fingerprint density at radius 3 is 2.89 bits per heavy atom. The van der Waals surface area contributed by atoms with Gasteiger partial charge in [0.1, 0.15) is 0 Å². The van der Waals surface area contributed by atoms with Gasteiger partial charge < -0.3 is 9.88 Å². The third-order valence-electron chi connectivity index (χ3n) is 2.91. The van der Waals surface area contributed by atoms with Gasteiger partial charge in [-0.3, -0.25) is 4.68 Å². The molecule has 2 aromatic rings. The van der Waals surface area contributed by atoms with Crippen molar-refractivity contribution in [2.45, 2.75) is 26.3 Å². The molecule has 2 rings (SSSR count). The number of nitrogens with one attached hydrogen (secondary N) is 1. The van der Waals surface area contributed by atoms with E-state index in [0.29, 0.717) is 0 Å². The summed E-state index contributed by atoms with van der Waals surface area (Å²) in [5.74, 6) is 0. The predicted octanol–water partition coefficient (Wildman–Crippen LogP) is 1.01. The van der Waals surface area contributed by atoms with E-state index in [1.165, 1.54) is 5.56 Å². The number of imidazole rings is 1. The van der Waals surface area contributed by atoms with Crippen LogP contribution in [0, 0.1) is 0 Å². The summed E-state index contributed by atoms with van der Waals surface area (Å²) in [5.41, 5.74) is 2.42. The molecule has 0 spiro atoms. The van der Waals surface area contributed by atoms with Crippen LogP contribution >= 0.6 is 0 Å². The standard InChI is InChI=1S/C13H21N5/c1-3-14-6-4-13-10-18(11-15-13)7-5-12-8-16-17(2)9-12/h8-11,14H,3-7H2,1-2H3. The maximum absolute atomic E-state index is 4.41. The minimum atomic E-state index is 0.958. The van der Waals surface area contributed by atoms with E-state index in [2.05, 4.69) is 39.3 Å². The highest BCUT2D eigenvalue weighted by Crippen LogP contribution is 2.02. The lowest BCUT2D eigenvalue weighted by atomic mass is 10.2. The molecule has 0 aliphatic heterocycles. The van der Waals surface area contributed by atoms with Crippen molar-refractivity contribution in [1.82, 2.24) is 24.6 Å². The van der Waals surface area contributed by atoms with E-state index in [1.807, 2.05) is 24.3 Å². The number of aryl methyl sites for hydroxylation is 3. The van der Waals surface area contributed by atoms with Gasteiger partial charge in [0.25, 0.3) is 0 Å². The van der Waals surface area contributed by atoms with Crippen LogP contribution in [0.15, 0.2) is 24.9 Å². The normalized spacial score (nSPS) is 11.0. The number of rotatable bonds is 7. The summed E-state index contributed by atoms with van der Waals surface area (Å²) in [4.78, 5) is 4.41. The predicted molar refractivity (Wildman–Crippen MR) is 71.4 cm³/mol. The van der Waals surface area contributed by atoms with Crippen molar-refractivity contribution in [2.24, 2.45) is 7.05 Å². The van der Waals surface area contributed by atoms with E-state index >= 15 is 0 Å². The monoisotopic (exact) mass is 247 g/mol. The maximum Gasteiger partial charge on any atom is 0.0949 e. The summed E-state index contributed by atoms with van der Waals surface area (Å²) in [7, 11) is 1.94. The van der Waals surface area contributed by atoms with Crippen molar-refractivity contribution in [3.63, 3.8) is 0 Å². The molecule has 0 saturated heterocycles. The molecule has 0 atom stereocenters. The molecule has 1 N–H and O–H groups in total. The summed E-state index contributed by atoms with van der Waals surface area (Å²) in [5, 5.41) is 7.47. The molecule has 0 radical (unpaired) electrons. The lowest BCUT2D eigenvalue weighted by Crippen LogP contribution is -2.16.